The molecule has 0 saturated carbocycles. The number of rotatable bonds is 6. The van der Waals surface area contributed by atoms with Crippen LogP contribution in [0.1, 0.15) is 66.2 Å². The van der Waals surface area contributed by atoms with Crippen molar-refractivity contribution in [1.29, 1.82) is 0 Å². The van der Waals surface area contributed by atoms with Crippen molar-refractivity contribution < 1.29 is 9.59 Å². The molecule has 84 valence electrons. The van der Waals surface area contributed by atoms with Gasteiger partial charge in [0.2, 0.25) is 0 Å². The quantitative estimate of drug-likeness (QED) is 0.615. The molecule has 0 unspecified atom stereocenters. The number of ketones is 2. The standard InChI is InChI=1S/C9H18O.C3H6O/c1-3-4-5-6-7-8-9(2)10;1-3(2)4/h3-8H2,1-2H3;1-2H3. The van der Waals surface area contributed by atoms with E-state index in [0.717, 1.165) is 12.8 Å². The van der Waals surface area contributed by atoms with Crippen LogP contribution in [-0.2, 0) is 9.59 Å². The van der Waals surface area contributed by atoms with Crippen molar-refractivity contribution in [3.63, 3.8) is 0 Å². The Bertz CT molecular complexity index is 146. The molecule has 0 aliphatic heterocycles. The molecule has 0 bridgehead atoms. The highest BCUT2D eigenvalue weighted by molar-refractivity contribution is 5.75. The van der Waals surface area contributed by atoms with E-state index in [0.29, 0.717) is 5.78 Å². The van der Waals surface area contributed by atoms with E-state index < -0.39 is 0 Å². The van der Waals surface area contributed by atoms with E-state index in [-0.39, 0.29) is 5.78 Å². The van der Waals surface area contributed by atoms with Crippen molar-refractivity contribution in [3.05, 3.63) is 0 Å². The first kappa shape index (κ1) is 15.8. The van der Waals surface area contributed by atoms with Crippen molar-refractivity contribution in [1.82, 2.24) is 0 Å². The molecule has 0 saturated heterocycles. The lowest BCUT2D eigenvalue weighted by atomic mass is 10.1. The fourth-order valence-corrected chi connectivity index (χ4v) is 0.977. The van der Waals surface area contributed by atoms with Gasteiger partial charge in [0.25, 0.3) is 0 Å². The molecule has 0 aliphatic carbocycles. The Morgan fingerprint density at radius 3 is 1.64 bits per heavy atom. The van der Waals surface area contributed by atoms with Crippen LogP contribution in [0.2, 0.25) is 0 Å². The first-order chi connectivity index (χ1) is 6.50. The first-order valence-electron chi connectivity index (χ1n) is 5.47. The van der Waals surface area contributed by atoms with Crippen LogP contribution in [0.5, 0.6) is 0 Å². The highest BCUT2D eigenvalue weighted by Crippen LogP contribution is 2.04. The van der Waals surface area contributed by atoms with Crippen LogP contribution >= 0.6 is 0 Å². The Balaban J connectivity index is 0. The smallest absolute Gasteiger partial charge is 0.129 e. The molecule has 0 aromatic rings. The third-order valence-corrected chi connectivity index (χ3v) is 1.63. The van der Waals surface area contributed by atoms with Gasteiger partial charge in [-0.1, -0.05) is 32.6 Å². The van der Waals surface area contributed by atoms with Crippen LogP contribution < -0.4 is 0 Å². The lowest BCUT2D eigenvalue weighted by Crippen LogP contribution is -1.88. The molecule has 0 aliphatic rings. The topological polar surface area (TPSA) is 34.1 Å². The molecule has 2 heteroatoms. The van der Waals surface area contributed by atoms with Crippen molar-refractivity contribution in [2.45, 2.75) is 66.2 Å². The van der Waals surface area contributed by atoms with E-state index in [1.165, 1.54) is 39.5 Å². The Labute approximate surface area is 88.1 Å². The summed E-state index contributed by atoms with van der Waals surface area (Å²) in [7, 11) is 0. The maximum absolute atomic E-state index is 10.5. The first-order valence-corrected chi connectivity index (χ1v) is 5.47. The van der Waals surface area contributed by atoms with Gasteiger partial charge in [-0.2, -0.15) is 0 Å². The highest BCUT2D eigenvalue weighted by Gasteiger charge is 1.92. The third kappa shape index (κ3) is 30.2. The molecular weight excluding hydrogens is 176 g/mol. The fraction of sp³-hybridized carbons (Fsp3) is 0.833. The summed E-state index contributed by atoms with van der Waals surface area (Å²) < 4.78 is 0. The van der Waals surface area contributed by atoms with E-state index in [9.17, 15) is 9.59 Å². The largest absolute Gasteiger partial charge is 0.300 e. The monoisotopic (exact) mass is 200 g/mol. The third-order valence-electron chi connectivity index (χ3n) is 1.63. The molecule has 0 aromatic carbocycles. The van der Waals surface area contributed by atoms with E-state index in [4.69, 9.17) is 0 Å². The zero-order chi connectivity index (χ0) is 11.4. The fourth-order valence-electron chi connectivity index (χ4n) is 0.977. The highest BCUT2D eigenvalue weighted by atomic mass is 16.1. The zero-order valence-electron chi connectivity index (χ0n) is 10.1. The van der Waals surface area contributed by atoms with E-state index in [1.54, 1.807) is 6.92 Å². The summed E-state index contributed by atoms with van der Waals surface area (Å²) >= 11 is 0. The molecule has 14 heavy (non-hydrogen) atoms. The minimum absolute atomic E-state index is 0.167. The van der Waals surface area contributed by atoms with E-state index >= 15 is 0 Å². The van der Waals surface area contributed by atoms with Gasteiger partial charge in [0.05, 0.1) is 0 Å². The number of carbonyl (C=O) groups is 2. The predicted molar refractivity (Wildman–Crippen MR) is 60.4 cm³/mol. The summed E-state index contributed by atoms with van der Waals surface area (Å²) in [5.74, 6) is 0.497. The average molecular weight is 200 g/mol. The second-order valence-corrected chi connectivity index (χ2v) is 3.77. The Morgan fingerprint density at radius 2 is 1.29 bits per heavy atom. The van der Waals surface area contributed by atoms with Crippen LogP contribution in [-0.4, -0.2) is 11.6 Å². The molecule has 2 nitrogen and oxygen atoms in total. The average Bonchev–Trinajstić information content (AvgIpc) is 2.02. The number of hydrogen-bond acceptors (Lipinski definition) is 2. The molecule has 0 fully saturated rings. The van der Waals surface area contributed by atoms with Gasteiger partial charge in [-0.3, -0.25) is 0 Å². The summed E-state index contributed by atoms with van der Waals surface area (Å²) in [6.07, 6.45) is 6.99. The SMILES string of the molecule is CC(C)=O.CCCCCCCC(C)=O. The summed E-state index contributed by atoms with van der Waals surface area (Å²) in [6.45, 7) is 6.92. The van der Waals surface area contributed by atoms with E-state index in [1.807, 2.05) is 0 Å². The van der Waals surface area contributed by atoms with Gasteiger partial charge >= 0.3 is 0 Å². The van der Waals surface area contributed by atoms with Crippen LogP contribution in [0.25, 0.3) is 0 Å². The molecule has 0 N–H and O–H groups in total. The van der Waals surface area contributed by atoms with Gasteiger partial charge in [0, 0.05) is 6.42 Å². The van der Waals surface area contributed by atoms with Gasteiger partial charge in [-0.05, 0) is 27.2 Å². The number of hydrogen-bond donors (Lipinski definition) is 0. The molecule has 0 rings (SSSR count). The maximum Gasteiger partial charge on any atom is 0.129 e. The van der Waals surface area contributed by atoms with E-state index in [2.05, 4.69) is 6.92 Å². The number of unbranched alkanes of at least 4 members (excludes halogenated alkanes) is 4. The van der Waals surface area contributed by atoms with Crippen LogP contribution in [0.4, 0.5) is 0 Å². The molecule has 0 amide bonds. The van der Waals surface area contributed by atoms with Crippen LogP contribution in [0, 0.1) is 0 Å². The van der Waals surface area contributed by atoms with Gasteiger partial charge < -0.3 is 9.59 Å². The zero-order valence-corrected chi connectivity index (χ0v) is 10.1. The predicted octanol–water partition coefficient (Wildman–Crippen LogP) is 3.53. The number of carbonyl (C=O) groups excluding carboxylic acids is 2. The van der Waals surface area contributed by atoms with Crippen LogP contribution in [0.15, 0.2) is 0 Å². The van der Waals surface area contributed by atoms with Crippen molar-refractivity contribution in [3.8, 4) is 0 Å². The van der Waals surface area contributed by atoms with Gasteiger partial charge in [0.15, 0.2) is 0 Å². The maximum atomic E-state index is 10.5. The van der Waals surface area contributed by atoms with Gasteiger partial charge in [0.1, 0.15) is 11.6 Å². The minimum Gasteiger partial charge on any atom is -0.300 e. The van der Waals surface area contributed by atoms with Crippen LogP contribution in [0.3, 0.4) is 0 Å². The molecule has 0 atom stereocenters. The minimum atomic E-state index is 0.167. The van der Waals surface area contributed by atoms with Crippen molar-refractivity contribution in [2.24, 2.45) is 0 Å². The summed E-state index contributed by atoms with van der Waals surface area (Å²) in [6, 6.07) is 0. The Hall–Kier alpha value is -0.660. The molecule has 0 spiro atoms. The van der Waals surface area contributed by atoms with Crippen molar-refractivity contribution >= 4 is 11.6 Å². The number of Topliss-reactive ketones (excluding diaryl/α,β-unsaturated/α-hetero) is 2. The second-order valence-electron chi connectivity index (χ2n) is 3.77. The second kappa shape index (κ2) is 12.3. The summed E-state index contributed by atoms with van der Waals surface area (Å²) in [5, 5.41) is 0. The molecular formula is C12H24O2. The Morgan fingerprint density at radius 1 is 0.857 bits per heavy atom. The lowest BCUT2D eigenvalue weighted by Gasteiger charge is -1.95. The normalized spacial score (nSPS) is 8.86. The molecule has 0 radical (unpaired) electrons. The summed E-state index contributed by atoms with van der Waals surface area (Å²) in [4.78, 5) is 19.9. The lowest BCUT2D eigenvalue weighted by molar-refractivity contribution is -0.117. The summed E-state index contributed by atoms with van der Waals surface area (Å²) in [5.41, 5.74) is 0. The molecule has 0 aromatic heterocycles. The van der Waals surface area contributed by atoms with Gasteiger partial charge in [-0.15, -0.1) is 0 Å². The van der Waals surface area contributed by atoms with Crippen molar-refractivity contribution in [2.75, 3.05) is 0 Å². The van der Waals surface area contributed by atoms with Gasteiger partial charge in [-0.25, -0.2) is 0 Å². The Kier molecular flexibility index (Phi) is 13.9. The molecule has 0 heterocycles.